The smallest absolute Gasteiger partial charge is 0.194 e. The summed E-state index contributed by atoms with van der Waals surface area (Å²) in [6, 6.07) is 10.4. The van der Waals surface area contributed by atoms with Gasteiger partial charge in [0.15, 0.2) is 5.96 Å². The Hall–Kier alpha value is -2.94. The number of aromatic nitrogens is 4. The van der Waals surface area contributed by atoms with Crippen molar-refractivity contribution >= 4 is 23.1 Å². The zero-order valence-corrected chi connectivity index (χ0v) is 18.8. The first-order valence-electron chi connectivity index (χ1n) is 10.9. The van der Waals surface area contributed by atoms with Crippen LogP contribution in [0.15, 0.2) is 53.2 Å². The van der Waals surface area contributed by atoms with Crippen molar-refractivity contribution in [2.45, 2.75) is 26.3 Å². The fourth-order valence-corrected chi connectivity index (χ4v) is 4.41. The molecule has 3 aromatic heterocycles. The van der Waals surface area contributed by atoms with Crippen molar-refractivity contribution in [2.24, 2.45) is 4.99 Å². The first kappa shape index (κ1) is 21.3. The molecule has 0 spiro atoms. The SMILES string of the molecule is CCc1nncn1CCNC(=NCCc1cccs1)N1CCN(c2ccccn2)CC1. The molecule has 1 aliphatic heterocycles. The van der Waals surface area contributed by atoms with Crippen LogP contribution in [0, 0.1) is 0 Å². The van der Waals surface area contributed by atoms with Gasteiger partial charge in [0.05, 0.1) is 0 Å². The van der Waals surface area contributed by atoms with E-state index < -0.39 is 0 Å². The highest BCUT2D eigenvalue weighted by molar-refractivity contribution is 7.09. The zero-order valence-electron chi connectivity index (χ0n) is 18.0. The van der Waals surface area contributed by atoms with Gasteiger partial charge in [-0.2, -0.15) is 0 Å². The number of nitrogens with one attached hydrogen (secondary N) is 1. The van der Waals surface area contributed by atoms with Crippen molar-refractivity contribution in [1.29, 1.82) is 0 Å². The maximum absolute atomic E-state index is 4.94. The van der Waals surface area contributed by atoms with Gasteiger partial charge in [-0.05, 0) is 23.6 Å². The van der Waals surface area contributed by atoms with Crippen LogP contribution in [0.1, 0.15) is 17.6 Å². The summed E-state index contributed by atoms with van der Waals surface area (Å²) in [5.74, 6) is 3.05. The summed E-state index contributed by atoms with van der Waals surface area (Å²) in [6.07, 6.45) is 5.52. The Bertz CT molecular complexity index is 930. The van der Waals surface area contributed by atoms with Crippen LogP contribution in [0.25, 0.3) is 0 Å². The van der Waals surface area contributed by atoms with E-state index in [1.807, 2.05) is 18.3 Å². The van der Waals surface area contributed by atoms with Crippen molar-refractivity contribution in [3.63, 3.8) is 0 Å². The summed E-state index contributed by atoms with van der Waals surface area (Å²) in [6.45, 7) is 8.24. The van der Waals surface area contributed by atoms with E-state index >= 15 is 0 Å². The van der Waals surface area contributed by atoms with Gasteiger partial charge in [0.2, 0.25) is 0 Å². The second-order valence-electron chi connectivity index (χ2n) is 7.42. The monoisotopic (exact) mass is 438 g/mol. The number of thiophene rings is 1. The van der Waals surface area contributed by atoms with E-state index in [0.717, 1.165) is 76.3 Å². The largest absolute Gasteiger partial charge is 0.354 e. The Morgan fingerprint density at radius 1 is 1.16 bits per heavy atom. The molecule has 1 aliphatic rings. The van der Waals surface area contributed by atoms with Gasteiger partial charge in [-0.15, -0.1) is 21.5 Å². The molecule has 1 saturated heterocycles. The lowest BCUT2D eigenvalue weighted by Crippen LogP contribution is -2.53. The predicted molar refractivity (Wildman–Crippen MR) is 126 cm³/mol. The molecule has 0 unspecified atom stereocenters. The van der Waals surface area contributed by atoms with E-state index in [2.05, 4.69) is 65.4 Å². The third-order valence-electron chi connectivity index (χ3n) is 5.40. The third-order valence-corrected chi connectivity index (χ3v) is 6.34. The molecule has 0 saturated carbocycles. The fraction of sp³-hybridized carbons (Fsp3) is 0.455. The minimum atomic E-state index is 0.788. The molecule has 0 amide bonds. The molecule has 9 heteroatoms. The number of aliphatic imine (C=N–C) groups is 1. The Morgan fingerprint density at radius 2 is 2.06 bits per heavy atom. The first-order chi connectivity index (χ1) is 15.3. The van der Waals surface area contributed by atoms with Crippen LogP contribution in [0.2, 0.25) is 0 Å². The molecule has 3 aromatic rings. The highest BCUT2D eigenvalue weighted by atomic mass is 32.1. The predicted octanol–water partition coefficient (Wildman–Crippen LogP) is 2.31. The molecule has 4 heterocycles. The number of guanidine groups is 1. The Morgan fingerprint density at radius 3 is 2.81 bits per heavy atom. The van der Waals surface area contributed by atoms with Crippen molar-refractivity contribution in [2.75, 3.05) is 44.2 Å². The summed E-state index contributed by atoms with van der Waals surface area (Å²) >= 11 is 1.79. The number of anilines is 1. The summed E-state index contributed by atoms with van der Waals surface area (Å²) in [4.78, 5) is 15.5. The molecule has 0 aromatic carbocycles. The topological polar surface area (TPSA) is 74.5 Å². The minimum Gasteiger partial charge on any atom is -0.354 e. The highest BCUT2D eigenvalue weighted by Gasteiger charge is 2.20. The van der Waals surface area contributed by atoms with Crippen LogP contribution in [0.3, 0.4) is 0 Å². The van der Waals surface area contributed by atoms with Gasteiger partial charge < -0.3 is 19.7 Å². The molecule has 0 atom stereocenters. The number of rotatable bonds is 8. The number of aryl methyl sites for hydroxylation is 1. The molecule has 164 valence electrons. The average molecular weight is 439 g/mol. The Labute approximate surface area is 187 Å². The molecule has 0 bridgehead atoms. The zero-order chi connectivity index (χ0) is 21.3. The normalized spacial score (nSPS) is 14.8. The Balaban J connectivity index is 1.36. The van der Waals surface area contributed by atoms with Gasteiger partial charge in [0, 0.05) is 69.7 Å². The van der Waals surface area contributed by atoms with Crippen molar-refractivity contribution in [1.82, 2.24) is 30.0 Å². The van der Waals surface area contributed by atoms with E-state index in [4.69, 9.17) is 4.99 Å². The van der Waals surface area contributed by atoms with Crippen LogP contribution in [-0.4, -0.2) is 69.9 Å². The van der Waals surface area contributed by atoms with Crippen molar-refractivity contribution in [3.8, 4) is 0 Å². The molecule has 1 fully saturated rings. The molecule has 31 heavy (non-hydrogen) atoms. The number of hydrogen-bond acceptors (Lipinski definition) is 6. The number of piperazine rings is 1. The number of hydrogen-bond donors (Lipinski definition) is 1. The highest BCUT2D eigenvalue weighted by Crippen LogP contribution is 2.13. The van der Waals surface area contributed by atoms with Crippen LogP contribution in [0.5, 0.6) is 0 Å². The second kappa shape index (κ2) is 10.9. The first-order valence-corrected chi connectivity index (χ1v) is 11.8. The van der Waals surface area contributed by atoms with E-state index in [9.17, 15) is 0 Å². The van der Waals surface area contributed by atoms with Crippen LogP contribution >= 0.6 is 11.3 Å². The summed E-state index contributed by atoms with van der Waals surface area (Å²) in [5.41, 5.74) is 0. The minimum absolute atomic E-state index is 0.788. The number of nitrogens with zero attached hydrogens (tertiary/aromatic N) is 7. The second-order valence-corrected chi connectivity index (χ2v) is 8.45. The lowest BCUT2D eigenvalue weighted by Gasteiger charge is -2.37. The standard InChI is InChI=1S/C22H30N8S/c1-2-20-27-26-18-30(20)12-11-25-22(24-10-8-19-6-5-17-31-19)29-15-13-28(14-16-29)21-7-3-4-9-23-21/h3-7,9,17-18H,2,8,10-16H2,1H3,(H,24,25). The van der Waals surface area contributed by atoms with Gasteiger partial charge in [0.1, 0.15) is 18.0 Å². The van der Waals surface area contributed by atoms with Gasteiger partial charge in [-0.25, -0.2) is 4.98 Å². The molecule has 8 nitrogen and oxygen atoms in total. The maximum Gasteiger partial charge on any atom is 0.194 e. The van der Waals surface area contributed by atoms with Gasteiger partial charge in [-0.3, -0.25) is 4.99 Å². The van der Waals surface area contributed by atoms with Crippen LogP contribution < -0.4 is 10.2 Å². The molecule has 4 rings (SSSR count). The lowest BCUT2D eigenvalue weighted by atomic mass is 10.3. The van der Waals surface area contributed by atoms with Gasteiger partial charge in [0.25, 0.3) is 0 Å². The summed E-state index contributed by atoms with van der Waals surface area (Å²) in [7, 11) is 0. The van der Waals surface area contributed by atoms with Crippen LogP contribution in [-0.2, 0) is 19.4 Å². The molecule has 0 radical (unpaired) electrons. The van der Waals surface area contributed by atoms with E-state index in [1.54, 1.807) is 17.7 Å². The lowest BCUT2D eigenvalue weighted by molar-refractivity contribution is 0.369. The van der Waals surface area contributed by atoms with Crippen molar-refractivity contribution < 1.29 is 0 Å². The molecule has 0 aliphatic carbocycles. The van der Waals surface area contributed by atoms with E-state index in [0.29, 0.717) is 0 Å². The summed E-state index contributed by atoms with van der Waals surface area (Å²) < 4.78 is 2.11. The van der Waals surface area contributed by atoms with E-state index in [-0.39, 0.29) is 0 Å². The molecular weight excluding hydrogens is 408 g/mol. The van der Waals surface area contributed by atoms with Gasteiger partial charge in [-0.1, -0.05) is 19.1 Å². The average Bonchev–Trinajstić information content (AvgIpc) is 3.51. The van der Waals surface area contributed by atoms with E-state index in [1.165, 1.54) is 4.88 Å². The summed E-state index contributed by atoms with van der Waals surface area (Å²) in [5, 5.41) is 13.9. The van der Waals surface area contributed by atoms with Gasteiger partial charge >= 0.3 is 0 Å². The fourth-order valence-electron chi connectivity index (χ4n) is 3.71. The quantitative estimate of drug-likeness (QED) is 0.430. The maximum atomic E-state index is 4.94. The third kappa shape index (κ3) is 5.81. The molecular formula is C22H30N8S. The van der Waals surface area contributed by atoms with Crippen LogP contribution in [0.4, 0.5) is 5.82 Å². The van der Waals surface area contributed by atoms with Crippen molar-refractivity contribution in [3.05, 3.63) is 58.9 Å². The Kier molecular flexibility index (Phi) is 7.49. The molecule has 1 N–H and O–H groups in total. The number of pyridine rings is 1.